The molecule has 0 spiro atoms. The standard InChI is InChI=1S/C21H18N2O2/c24-20-17(11-12-18(22-20)15-7-3-1-4-8-15)21(25)23-14-13-19(23)16-9-5-2-6-10-16/h1-12,19H,13-14H2,(H,22,24)/t19-/m1/s1. The Labute approximate surface area is 145 Å². The van der Waals surface area contributed by atoms with Crippen LogP contribution in [0, 0.1) is 0 Å². The summed E-state index contributed by atoms with van der Waals surface area (Å²) in [5.74, 6) is -0.207. The third-order valence-electron chi connectivity index (χ3n) is 4.69. The third-order valence-corrected chi connectivity index (χ3v) is 4.69. The van der Waals surface area contributed by atoms with E-state index in [-0.39, 0.29) is 23.1 Å². The highest BCUT2D eigenvalue weighted by Gasteiger charge is 2.34. The monoisotopic (exact) mass is 330 g/mol. The first-order valence-corrected chi connectivity index (χ1v) is 8.39. The van der Waals surface area contributed by atoms with Crippen LogP contribution in [0.1, 0.15) is 28.4 Å². The van der Waals surface area contributed by atoms with Gasteiger partial charge in [-0.3, -0.25) is 9.59 Å². The average Bonchev–Trinajstić information content (AvgIpc) is 2.62. The maximum atomic E-state index is 12.8. The summed E-state index contributed by atoms with van der Waals surface area (Å²) in [6, 6.07) is 23.0. The van der Waals surface area contributed by atoms with E-state index in [9.17, 15) is 9.59 Å². The smallest absolute Gasteiger partial charge is 0.261 e. The number of benzene rings is 2. The van der Waals surface area contributed by atoms with E-state index in [2.05, 4.69) is 4.98 Å². The fourth-order valence-electron chi connectivity index (χ4n) is 3.24. The first-order valence-electron chi connectivity index (χ1n) is 8.39. The molecule has 1 saturated heterocycles. The van der Waals surface area contributed by atoms with E-state index in [4.69, 9.17) is 0 Å². The second-order valence-electron chi connectivity index (χ2n) is 6.19. The Hall–Kier alpha value is -3.14. The predicted octanol–water partition coefficient (Wildman–Crippen LogP) is 3.63. The molecule has 0 bridgehead atoms. The number of hydrogen-bond acceptors (Lipinski definition) is 2. The average molecular weight is 330 g/mol. The summed E-state index contributed by atoms with van der Waals surface area (Å²) in [6.07, 6.45) is 0.926. The molecule has 0 saturated carbocycles. The number of rotatable bonds is 3. The lowest BCUT2D eigenvalue weighted by molar-refractivity contribution is 0.0458. The number of pyridine rings is 1. The fraction of sp³-hybridized carbons (Fsp3) is 0.143. The molecule has 1 aliphatic heterocycles. The van der Waals surface area contributed by atoms with E-state index in [0.29, 0.717) is 12.2 Å². The van der Waals surface area contributed by atoms with Gasteiger partial charge in [0.15, 0.2) is 0 Å². The number of carbonyl (C=O) groups is 1. The number of carbonyl (C=O) groups excluding carboxylic acids is 1. The van der Waals surface area contributed by atoms with E-state index in [1.54, 1.807) is 17.0 Å². The maximum Gasteiger partial charge on any atom is 0.261 e. The van der Waals surface area contributed by atoms with Crippen molar-refractivity contribution in [1.29, 1.82) is 0 Å². The number of likely N-dealkylation sites (tertiary alicyclic amines) is 1. The van der Waals surface area contributed by atoms with Crippen LogP contribution in [0.15, 0.2) is 77.6 Å². The third kappa shape index (κ3) is 2.87. The molecular weight excluding hydrogens is 312 g/mol. The molecule has 1 atom stereocenters. The summed E-state index contributed by atoms with van der Waals surface area (Å²) in [7, 11) is 0. The summed E-state index contributed by atoms with van der Waals surface area (Å²) < 4.78 is 0. The van der Waals surface area contributed by atoms with Gasteiger partial charge in [-0.25, -0.2) is 0 Å². The molecule has 1 aromatic heterocycles. The van der Waals surface area contributed by atoms with Crippen LogP contribution in [0.25, 0.3) is 11.3 Å². The van der Waals surface area contributed by atoms with Gasteiger partial charge in [0, 0.05) is 12.2 Å². The Kier molecular flexibility index (Phi) is 3.94. The molecule has 124 valence electrons. The van der Waals surface area contributed by atoms with Crippen LogP contribution in [0.5, 0.6) is 0 Å². The van der Waals surface area contributed by atoms with Crippen LogP contribution in [0.3, 0.4) is 0 Å². The number of hydrogen-bond donors (Lipinski definition) is 1. The fourth-order valence-corrected chi connectivity index (χ4v) is 3.24. The molecule has 1 aliphatic rings. The van der Waals surface area contributed by atoms with Crippen LogP contribution in [0.4, 0.5) is 0 Å². The number of aromatic amines is 1. The van der Waals surface area contributed by atoms with Crippen molar-refractivity contribution in [3.05, 3.63) is 94.3 Å². The zero-order valence-corrected chi connectivity index (χ0v) is 13.7. The zero-order chi connectivity index (χ0) is 17.2. The predicted molar refractivity (Wildman–Crippen MR) is 97.3 cm³/mol. The van der Waals surface area contributed by atoms with Crippen molar-refractivity contribution in [3.8, 4) is 11.3 Å². The van der Waals surface area contributed by atoms with E-state index in [1.807, 2.05) is 60.7 Å². The molecule has 4 rings (SSSR count). The van der Waals surface area contributed by atoms with E-state index in [1.165, 1.54) is 0 Å². The first kappa shape index (κ1) is 15.4. The molecule has 4 heteroatoms. The van der Waals surface area contributed by atoms with Crippen molar-refractivity contribution in [2.24, 2.45) is 0 Å². The van der Waals surface area contributed by atoms with Gasteiger partial charge in [0.1, 0.15) is 5.56 Å². The Morgan fingerprint density at radius 1 is 0.920 bits per heavy atom. The lowest BCUT2D eigenvalue weighted by Gasteiger charge is -2.41. The van der Waals surface area contributed by atoms with Crippen LogP contribution in [-0.4, -0.2) is 22.3 Å². The van der Waals surface area contributed by atoms with Gasteiger partial charge in [-0.1, -0.05) is 60.7 Å². The highest BCUT2D eigenvalue weighted by Crippen LogP contribution is 2.33. The molecule has 2 aromatic carbocycles. The van der Waals surface area contributed by atoms with Crippen molar-refractivity contribution < 1.29 is 4.79 Å². The number of nitrogens with one attached hydrogen (secondary N) is 1. The van der Waals surface area contributed by atoms with Gasteiger partial charge in [-0.05, 0) is 29.7 Å². The Bertz CT molecular complexity index is 948. The van der Waals surface area contributed by atoms with Gasteiger partial charge in [0.25, 0.3) is 11.5 Å². The Morgan fingerprint density at radius 2 is 1.60 bits per heavy atom. The van der Waals surface area contributed by atoms with Crippen molar-refractivity contribution >= 4 is 5.91 Å². The van der Waals surface area contributed by atoms with Gasteiger partial charge in [-0.2, -0.15) is 0 Å². The van der Waals surface area contributed by atoms with Gasteiger partial charge >= 0.3 is 0 Å². The summed E-state index contributed by atoms with van der Waals surface area (Å²) in [5, 5.41) is 0. The summed E-state index contributed by atoms with van der Waals surface area (Å²) in [6.45, 7) is 0.679. The molecule has 1 N–H and O–H groups in total. The van der Waals surface area contributed by atoms with Crippen molar-refractivity contribution in [2.75, 3.05) is 6.54 Å². The van der Waals surface area contributed by atoms with Crippen LogP contribution >= 0.6 is 0 Å². The highest BCUT2D eigenvalue weighted by atomic mass is 16.2. The summed E-state index contributed by atoms with van der Waals surface area (Å²) >= 11 is 0. The lowest BCUT2D eigenvalue weighted by atomic mass is 9.94. The second-order valence-corrected chi connectivity index (χ2v) is 6.19. The number of H-pyrrole nitrogens is 1. The van der Waals surface area contributed by atoms with Gasteiger partial charge in [-0.15, -0.1) is 0 Å². The van der Waals surface area contributed by atoms with Crippen LogP contribution in [0.2, 0.25) is 0 Å². The van der Waals surface area contributed by atoms with E-state index >= 15 is 0 Å². The molecule has 1 fully saturated rings. The maximum absolute atomic E-state index is 12.8. The van der Waals surface area contributed by atoms with Crippen LogP contribution in [-0.2, 0) is 0 Å². The second kappa shape index (κ2) is 6.40. The normalized spacial score (nSPS) is 16.3. The molecule has 4 nitrogen and oxygen atoms in total. The quantitative estimate of drug-likeness (QED) is 0.797. The molecule has 0 radical (unpaired) electrons. The highest BCUT2D eigenvalue weighted by molar-refractivity contribution is 5.95. The largest absolute Gasteiger partial charge is 0.331 e. The van der Waals surface area contributed by atoms with Crippen molar-refractivity contribution in [1.82, 2.24) is 9.88 Å². The number of nitrogens with zero attached hydrogens (tertiary/aromatic N) is 1. The SMILES string of the molecule is O=C(c1ccc(-c2ccccc2)[nH]c1=O)N1CC[C@@H]1c1ccccc1. The number of amides is 1. The van der Waals surface area contributed by atoms with Crippen molar-refractivity contribution in [2.45, 2.75) is 12.5 Å². The summed E-state index contributed by atoms with van der Waals surface area (Å²) in [5.41, 5.74) is 2.60. The Balaban J connectivity index is 1.60. The minimum Gasteiger partial charge on any atom is -0.331 e. The number of aromatic nitrogens is 1. The minimum atomic E-state index is -0.343. The van der Waals surface area contributed by atoms with Gasteiger partial charge in [0.2, 0.25) is 0 Å². The topological polar surface area (TPSA) is 53.2 Å². The van der Waals surface area contributed by atoms with Gasteiger partial charge in [0.05, 0.1) is 6.04 Å². The first-order chi connectivity index (χ1) is 12.2. The van der Waals surface area contributed by atoms with Crippen LogP contribution < -0.4 is 5.56 Å². The molecule has 0 aliphatic carbocycles. The lowest BCUT2D eigenvalue weighted by Crippen LogP contribution is -2.46. The molecule has 25 heavy (non-hydrogen) atoms. The molecule has 3 aromatic rings. The molecular formula is C21H18N2O2. The Morgan fingerprint density at radius 3 is 2.20 bits per heavy atom. The molecule has 2 heterocycles. The summed E-state index contributed by atoms with van der Waals surface area (Å²) in [4.78, 5) is 29.8. The van der Waals surface area contributed by atoms with Gasteiger partial charge < -0.3 is 9.88 Å². The van der Waals surface area contributed by atoms with Crippen molar-refractivity contribution in [3.63, 3.8) is 0 Å². The molecule has 0 unspecified atom stereocenters. The molecule has 1 amide bonds. The van der Waals surface area contributed by atoms with E-state index < -0.39 is 0 Å². The van der Waals surface area contributed by atoms with E-state index in [0.717, 1.165) is 17.5 Å². The zero-order valence-electron chi connectivity index (χ0n) is 13.7. The minimum absolute atomic E-state index is 0.0573.